The highest BCUT2D eigenvalue weighted by Crippen LogP contribution is 2.33. The number of likely N-dealkylation sites (tertiary alicyclic amines) is 1. The summed E-state index contributed by atoms with van der Waals surface area (Å²) in [6.45, 7) is 3.41. The van der Waals surface area contributed by atoms with E-state index in [2.05, 4.69) is 11.0 Å². The molecule has 0 spiro atoms. The average molecular weight is 396 g/mol. The number of morpholine rings is 1. The lowest BCUT2D eigenvalue weighted by molar-refractivity contribution is -0.153. The first-order valence-electron chi connectivity index (χ1n) is 9.84. The van der Waals surface area contributed by atoms with Crippen molar-refractivity contribution in [1.82, 2.24) is 9.80 Å². The van der Waals surface area contributed by atoms with Gasteiger partial charge in [-0.2, -0.15) is 0 Å². The summed E-state index contributed by atoms with van der Waals surface area (Å²) in [6, 6.07) is 14.0. The molecule has 0 aliphatic carbocycles. The van der Waals surface area contributed by atoms with Crippen molar-refractivity contribution in [3.8, 4) is 17.2 Å². The van der Waals surface area contributed by atoms with Crippen LogP contribution in [0.3, 0.4) is 0 Å². The molecule has 3 aliphatic heterocycles. The highest BCUT2D eigenvalue weighted by atomic mass is 16.7. The van der Waals surface area contributed by atoms with Gasteiger partial charge in [0.25, 0.3) is 0 Å². The Kier molecular flexibility index (Phi) is 4.77. The van der Waals surface area contributed by atoms with Crippen molar-refractivity contribution in [3.05, 3.63) is 53.6 Å². The highest BCUT2D eigenvalue weighted by molar-refractivity contribution is 5.78. The first kappa shape index (κ1) is 18.3. The van der Waals surface area contributed by atoms with Crippen molar-refractivity contribution < 1.29 is 23.7 Å². The Balaban J connectivity index is 1.27. The Hall–Kier alpha value is -2.77. The van der Waals surface area contributed by atoms with Gasteiger partial charge in [0.05, 0.1) is 19.3 Å². The van der Waals surface area contributed by atoms with Gasteiger partial charge in [-0.3, -0.25) is 9.69 Å². The molecule has 2 aromatic carbocycles. The second kappa shape index (κ2) is 7.57. The zero-order valence-electron chi connectivity index (χ0n) is 16.4. The van der Waals surface area contributed by atoms with Crippen molar-refractivity contribution >= 4 is 5.91 Å². The third kappa shape index (κ3) is 3.63. The number of ether oxygens (including phenoxy) is 4. The van der Waals surface area contributed by atoms with Crippen LogP contribution in [0.4, 0.5) is 0 Å². The zero-order valence-corrected chi connectivity index (χ0v) is 16.4. The van der Waals surface area contributed by atoms with E-state index in [1.165, 1.54) is 5.56 Å². The fraction of sp³-hybridized carbons (Fsp3) is 0.409. The minimum absolute atomic E-state index is 0.0416. The number of amides is 1. The summed E-state index contributed by atoms with van der Waals surface area (Å²) < 4.78 is 22.0. The predicted molar refractivity (Wildman–Crippen MR) is 105 cm³/mol. The largest absolute Gasteiger partial charge is 0.497 e. The topological polar surface area (TPSA) is 60.5 Å². The van der Waals surface area contributed by atoms with Gasteiger partial charge in [-0.05, 0) is 35.4 Å². The molecule has 29 heavy (non-hydrogen) atoms. The van der Waals surface area contributed by atoms with Crippen LogP contribution >= 0.6 is 0 Å². The maximum atomic E-state index is 12.6. The molecule has 0 bridgehead atoms. The Morgan fingerprint density at radius 2 is 1.79 bits per heavy atom. The normalized spacial score (nSPS) is 23.3. The SMILES string of the molecule is COc1ccc(CN2C(=O)COC3CN(Cc4ccc5c(c4)OCO5)CC32)cc1. The van der Waals surface area contributed by atoms with Crippen molar-refractivity contribution in [2.24, 2.45) is 0 Å². The molecule has 2 aromatic rings. The maximum absolute atomic E-state index is 12.6. The first-order chi connectivity index (χ1) is 14.2. The minimum atomic E-state index is 0.0416. The van der Waals surface area contributed by atoms with Gasteiger partial charge >= 0.3 is 0 Å². The summed E-state index contributed by atoms with van der Waals surface area (Å²) in [5.41, 5.74) is 2.26. The van der Waals surface area contributed by atoms with E-state index in [0.717, 1.165) is 42.4 Å². The molecule has 0 saturated carbocycles. The molecule has 3 aliphatic rings. The van der Waals surface area contributed by atoms with Gasteiger partial charge in [0, 0.05) is 26.2 Å². The van der Waals surface area contributed by atoms with Crippen LogP contribution in [0.2, 0.25) is 0 Å². The van der Waals surface area contributed by atoms with Crippen molar-refractivity contribution in [1.29, 1.82) is 0 Å². The van der Waals surface area contributed by atoms with Crippen molar-refractivity contribution in [2.75, 3.05) is 33.6 Å². The third-order valence-corrected chi connectivity index (χ3v) is 5.81. The molecule has 5 rings (SSSR count). The zero-order chi connectivity index (χ0) is 19.8. The van der Waals surface area contributed by atoms with Gasteiger partial charge in [0.15, 0.2) is 11.5 Å². The summed E-state index contributed by atoms with van der Waals surface area (Å²) >= 11 is 0. The number of hydrogen-bond donors (Lipinski definition) is 0. The van der Waals surface area contributed by atoms with E-state index in [1.807, 2.05) is 41.3 Å². The number of methoxy groups -OCH3 is 1. The summed E-state index contributed by atoms with van der Waals surface area (Å²) in [5, 5.41) is 0. The lowest BCUT2D eigenvalue weighted by atomic mass is 10.1. The molecule has 1 amide bonds. The molecule has 2 atom stereocenters. The van der Waals surface area contributed by atoms with Crippen LogP contribution < -0.4 is 14.2 Å². The first-order valence-corrected chi connectivity index (χ1v) is 9.84. The maximum Gasteiger partial charge on any atom is 0.249 e. The van der Waals surface area contributed by atoms with Crippen LogP contribution in [0.1, 0.15) is 11.1 Å². The smallest absolute Gasteiger partial charge is 0.249 e. The average Bonchev–Trinajstić information content (AvgIpc) is 3.37. The molecule has 7 nitrogen and oxygen atoms in total. The quantitative estimate of drug-likeness (QED) is 0.771. The second-order valence-electron chi connectivity index (χ2n) is 7.67. The van der Waals surface area contributed by atoms with E-state index in [9.17, 15) is 4.79 Å². The van der Waals surface area contributed by atoms with Gasteiger partial charge in [-0.15, -0.1) is 0 Å². The molecule has 2 unspecified atom stereocenters. The lowest BCUT2D eigenvalue weighted by Crippen LogP contribution is -2.53. The lowest BCUT2D eigenvalue weighted by Gasteiger charge is -2.36. The molecular formula is C22H24N2O5. The molecule has 0 aromatic heterocycles. The Labute approximate surface area is 169 Å². The Bertz CT molecular complexity index is 901. The number of hydrogen-bond acceptors (Lipinski definition) is 6. The summed E-state index contributed by atoms with van der Waals surface area (Å²) in [5.74, 6) is 2.46. The molecule has 2 fully saturated rings. The van der Waals surface area contributed by atoms with Crippen LogP contribution in [0.25, 0.3) is 0 Å². The van der Waals surface area contributed by atoms with E-state index in [4.69, 9.17) is 18.9 Å². The summed E-state index contributed by atoms with van der Waals surface area (Å²) in [6.07, 6.45) is 0.0416. The summed E-state index contributed by atoms with van der Waals surface area (Å²) in [4.78, 5) is 16.9. The molecule has 3 heterocycles. The standard InChI is InChI=1S/C22H24N2O5/c1-26-17-5-2-15(3-6-17)10-24-18-11-23(12-21(18)27-13-22(24)25)9-16-4-7-19-20(8-16)29-14-28-19/h2-8,18,21H,9-14H2,1H3. The van der Waals surface area contributed by atoms with Crippen LogP contribution in [-0.4, -0.2) is 61.5 Å². The van der Waals surface area contributed by atoms with E-state index in [0.29, 0.717) is 6.54 Å². The van der Waals surface area contributed by atoms with Crippen molar-refractivity contribution in [2.45, 2.75) is 25.2 Å². The number of carbonyl (C=O) groups is 1. The van der Waals surface area contributed by atoms with Crippen LogP contribution in [0.15, 0.2) is 42.5 Å². The number of fused-ring (bicyclic) bond motifs is 2. The molecule has 0 N–H and O–H groups in total. The number of benzene rings is 2. The predicted octanol–water partition coefficient (Wildman–Crippen LogP) is 2.04. The summed E-state index contributed by atoms with van der Waals surface area (Å²) in [7, 11) is 1.65. The van der Waals surface area contributed by atoms with E-state index in [1.54, 1.807) is 7.11 Å². The Morgan fingerprint density at radius 3 is 2.62 bits per heavy atom. The van der Waals surface area contributed by atoms with Crippen molar-refractivity contribution in [3.63, 3.8) is 0 Å². The van der Waals surface area contributed by atoms with Gasteiger partial charge in [0.1, 0.15) is 12.4 Å². The minimum Gasteiger partial charge on any atom is -0.497 e. The van der Waals surface area contributed by atoms with Gasteiger partial charge in [-0.25, -0.2) is 0 Å². The van der Waals surface area contributed by atoms with E-state index < -0.39 is 0 Å². The molecule has 152 valence electrons. The molecule has 2 saturated heterocycles. The van der Waals surface area contributed by atoms with Gasteiger partial charge < -0.3 is 23.8 Å². The van der Waals surface area contributed by atoms with Crippen LogP contribution in [0, 0.1) is 0 Å². The number of nitrogens with zero attached hydrogens (tertiary/aromatic N) is 2. The monoisotopic (exact) mass is 396 g/mol. The highest BCUT2D eigenvalue weighted by Gasteiger charge is 2.43. The van der Waals surface area contributed by atoms with Gasteiger partial charge in [0.2, 0.25) is 12.7 Å². The fourth-order valence-corrected chi connectivity index (χ4v) is 4.30. The number of carbonyl (C=O) groups excluding carboxylic acids is 1. The Morgan fingerprint density at radius 1 is 1.00 bits per heavy atom. The van der Waals surface area contributed by atoms with E-state index >= 15 is 0 Å². The van der Waals surface area contributed by atoms with Crippen LogP contribution in [0.5, 0.6) is 17.2 Å². The molecule has 0 radical (unpaired) electrons. The molecular weight excluding hydrogens is 372 g/mol. The second-order valence-corrected chi connectivity index (χ2v) is 7.67. The fourth-order valence-electron chi connectivity index (χ4n) is 4.30. The molecule has 7 heteroatoms. The third-order valence-electron chi connectivity index (χ3n) is 5.81. The number of rotatable bonds is 5. The van der Waals surface area contributed by atoms with E-state index in [-0.39, 0.29) is 31.5 Å². The van der Waals surface area contributed by atoms with Crippen LogP contribution in [-0.2, 0) is 22.6 Å². The van der Waals surface area contributed by atoms with Gasteiger partial charge in [-0.1, -0.05) is 18.2 Å².